The fourth-order valence-corrected chi connectivity index (χ4v) is 7.92. The molecule has 29 heavy (non-hydrogen) atoms. The number of thioether (sulfide) groups is 1. The van der Waals surface area contributed by atoms with Crippen LogP contribution < -0.4 is 16.5 Å². The van der Waals surface area contributed by atoms with Crippen LogP contribution in [0, 0.1) is 17.8 Å². The standard InChI is InChI=1S/C21H37ClN4O2S/c22-17-10-6-15(7-11-17)19(14-4-2-1-3-5-14)29-21-23-24-25-26(21)18-12-8-16(9-13-18)20(27)28/h14-19,21,23-25H,1-13H2,(H,27,28). The molecule has 0 aromatic rings. The third-order valence-electron chi connectivity index (χ3n) is 7.64. The Balaban J connectivity index is 1.39. The Labute approximate surface area is 184 Å². The highest BCUT2D eigenvalue weighted by Gasteiger charge is 2.40. The zero-order chi connectivity index (χ0) is 20.2. The van der Waals surface area contributed by atoms with Crippen LogP contribution in [-0.4, -0.2) is 38.3 Å². The number of alkyl halides is 1. The van der Waals surface area contributed by atoms with Gasteiger partial charge in [-0.25, -0.2) is 5.43 Å². The molecule has 0 aromatic carbocycles. The molecule has 0 spiro atoms. The van der Waals surface area contributed by atoms with Gasteiger partial charge in [0.2, 0.25) is 0 Å². The van der Waals surface area contributed by atoms with Crippen molar-refractivity contribution in [3.63, 3.8) is 0 Å². The molecule has 1 aliphatic heterocycles. The summed E-state index contributed by atoms with van der Waals surface area (Å²) in [4.78, 5) is 11.3. The molecule has 4 aliphatic rings. The minimum atomic E-state index is -0.632. The number of aliphatic carboxylic acids is 1. The maximum atomic E-state index is 11.3. The Hall–Kier alpha value is -0.0500. The van der Waals surface area contributed by atoms with E-state index in [1.807, 2.05) is 0 Å². The lowest BCUT2D eigenvalue weighted by atomic mass is 9.77. The first kappa shape index (κ1) is 22.2. The van der Waals surface area contributed by atoms with Gasteiger partial charge >= 0.3 is 5.97 Å². The average Bonchev–Trinajstić information content (AvgIpc) is 3.22. The van der Waals surface area contributed by atoms with E-state index in [0.717, 1.165) is 50.4 Å². The molecule has 2 atom stereocenters. The Morgan fingerprint density at radius 1 is 0.931 bits per heavy atom. The molecule has 4 fully saturated rings. The molecule has 3 aliphatic carbocycles. The van der Waals surface area contributed by atoms with E-state index < -0.39 is 5.97 Å². The number of nitrogens with zero attached hydrogens (tertiary/aromatic N) is 1. The zero-order valence-electron chi connectivity index (χ0n) is 17.3. The molecule has 4 rings (SSSR count). The Kier molecular flexibility index (Phi) is 8.03. The Morgan fingerprint density at radius 3 is 2.24 bits per heavy atom. The van der Waals surface area contributed by atoms with Crippen LogP contribution in [0.4, 0.5) is 0 Å². The van der Waals surface area contributed by atoms with Gasteiger partial charge in [0.15, 0.2) is 0 Å². The van der Waals surface area contributed by atoms with Crippen LogP contribution >= 0.6 is 23.4 Å². The normalized spacial score (nSPS) is 38.7. The number of hydrogen-bond acceptors (Lipinski definition) is 6. The fourth-order valence-electron chi connectivity index (χ4n) is 5.90. The topological polar surface area (TPSA) is 76.6 Å². The van der Waals surface area contributed by atoms with Gasteiger partial charge in [-0.15, -0.1) is 23.4 Å². The molecule has 1 saturated heterocycles. The minimum Gasteiger partial charge on any atom is -0.481 e. The zero-order valence-corrected chi connectivity index (χ0v) is 18.9. The van der Waals surface area contributed by atoms with Gasteiger partial charge in [-0.3, -0.25) is 4.79 Å². The number of carbonyl (C=O) groups is 1. The van der Waals surface area contributed by atoms with Crippen molar-refractivity contribution in [1.29, 1.82) is 0 Å². The van der Waals surface area contributed by atoms with E-state index in [4.69, 9.17) is 11.6 Å². The second-order valence-electron chi connectivity index (χ2n) is 9.50. The molecule has 6 nitrogen and oxygen atoms in total. The molecular formula is C21H37ClN4O2S. The van der Waals surface area contributed by atoms with Gasteiger partial charge in [-0.1, -0.05) is 19.3 Å². The van der Waals surface area contributed by atoms with Crippen LogP contribution in [0.15, 0.2) is 0 Å². The second kappa shape index (κ2) is 10.5. The van der Waals surface area contributed by atoms with E-state index in [1.165, 1.54) is 44.9 Å². The summed E-state index contributed by atoms with van der Waals surface area (Å²) >= 11 is 8.52. The van der Waals surface area contributed by atoms with Crippen LogP contribution in [0.5, 0.6) is 0 Å². The quantitative estimate of drug-likeness (QED) is 0.457. The maximum Gasteiger partial charge on any atom is 0.306 e. The van der Waals surface area contributed by atoms with E-state index in [0.29, 0.717) is 16.7 Å². The van der Waals surface area contributed by atoms with Gasteiger partial charge in [0, 0.05) is 16.7 Å². The highest BCUT2D eigenvalue weighted by Crippen LogP contribution is 2.44. The molecule has 0 radical (unpaired) electrons. The van der Waals surface area contributed by atoms with E-state index in [-0.39, 0.29) is 11.4 Å². The summed E-state index contributed by atoms with van der Waals surface area (Å²) in [6, 6.07) is 0.385. The van der Waals surface area contributed by atoms with Crippen LogP contribution in [-0.2, 0) is 4.79 Å². The van der Waals surface area contributed by atoms with E-state index >= 15 is 0 Å². The summed E-state index contributed by atoms with van der Waals surface area (Å²) in [5.41, 5.74) is 10.1. The van der Waals surface area contributed by atoms with Crippen molar-refractivity contribution in [2.24, 2.45) is 17.8 Å². The summed E-state index contributed by atoms with van der Waals surface area (Å²) in [6.45, 7) is 0. The van der Waals surface area contributed by atoms with Gasteiger partial charge in [0.1, 0.15) is 5.50 Å². The number of halogens is 1. The number of carboxylic acid groups (broad SMARTS) is 1. The van der Waals surface area contributed by atoms with E-state index in [1.54, 1.807) is 0 Å². The van der Waals surface area contributed by atoms with Crippen molar-refractivity contribution >= 4 is 29.3 Å². The lowest BCUT2D eigenvalue weighted by molar-refractivity contribution is -0.143. The molecule has 0 amide bonds. The second-order valence-corrected chi connectivity index (χ2v) is 11.4. The number of rotatable bonds is 6. The van der Waals surface area contributed by atoms with Gasteiger partial charge in [-0.2, -0.15) is 16.1 Å². The molecule has 1 heterocycles. The van der Waals surface area contributed by atoms with Crippen LogP contribution in [0.25, 0.3) is 0 Å². The maximum absolute atomic E-state index is 11.3. The lowest BCUT2D eigenvalue weighted by Gasteiger charge is -2.41. The van der Waals surface area contributed by atoms with Gasteiger partial charge in [0.05, 0.1) is 5.92 Å². The first-order valence-corrected chi connectivity index (χ1v) is 13.1. The predicted octanol–water partition coefficient (Wildman–Crippen LogP) is 4.22. The lowest BCUT2D eigenvalue weighted by Crippen LogP contribution is -2.49. The third-order valence-corrected chi connectivity index (χ3v) is 9.76. The van der Waals surface area contributed by atoms with E-state index in [9.17, 15) is 9.90 Å². The number of carboxylic acids is 1. The molecule has 0 aromatic heterocycles. The molecule has 3 saturated carbocycles. The number of nitrogens with one attached hydrogen (secondary N) is 3. The highest BCUT2D eigenvalue weighted by atomic mass is 35.5. The van der Waals surface area contributed by atoms with Crippen molar-refractivity contribution in [1.82, 2.24) is 21.5 Å². The van der Waals surface area contributed by atoms with Crippen molar-refractivity contribution < 1.29 is 9.90 Å². The van der Waals surface area contributed by atoms with Gasteiger partial charge in [-0.05, 0) is 76.0 Å². The molecule has 2 unspecified atom stereocenters. The van der Waals surface area contributed by atoms with E-state index in [2.05, 4.69) is 33.3 Å². The summed E-state index contributed by atoms with van der Waals surface area (Å²) in [5.74, 6) is 0.789. The first-order chi connectivity index (χ1) is 14.1. The van der Waals surface area contributed by atoms with Crippen molar-refractivity contribution in [3.05, 3.63) is 0 Å². The monoisotopic (exact) mass is 444 g/mol. The largest absolute Gasteiger partial charge is 0.481 e. The first-order valence-electron chi connectivity index (χ1n) is 11.7. The fraction of sp³-hybridized carbons (Fsp3) is 0.952. The van der Waals surface area contributed by atoms with Crippen LogP contribution in [0.2, 0.25) is 0 Å². The molecule has 4 N–H and O–H groups in total. The molecule has 166 valence electrons. The SMILES string of the molecule is O=C(O)C1CCC(N2NNNC2SC(C2CCCCC2)C2CCC(Cl)CC2)CC1. The average molecular weight is 445 g/mol. The number of hydrazine groups is 3. The molecular weight excluding hydrogens is 408 g/mol. The Morgan fingerprint density at radius 2 is 1.59 bits per heavy atom. The van der Waals surface area contributed by atoms with Crippen LogP contribution in [0.1, 0.15) is 83.5 Å². The highest BCUT2D eigenvalue weighted by molar-refractivity contribution is 8.00. The van der Waals surface area contributed by atoms with Gasteiger partial charge < -0.3 is 5.11 Å². The summed E-state index contributed by atoms with van der Waals surface area (Å²) in [7, 11) is 0. The summed E-state index contributed by atoms with van der Waals surface area (Å²) in [6.07, 6.45) is 15.2. The van der Waals surface area contributed by atoms with Gasteiger partial charge in [0.25, 0.3) is 0 Å². The minimum absolute atomic E-state index is 0.165. The smallest absolute Gasteiger partial charge is 0.306 e. The Bertz CT molecular complexity index is 535. The van der Waals surface area contributed by atoms with Crippen molar-refractivity contribution in [2.45, 2.75) is 106 Å². The van der Waals surface area contributed by atoms with Crippen molar-refractivity contribution in [2.75, 3.05) is 0 Å². The van der Waals surface area contributed by atoms with Crippen molar-refractivity contribution in [3.8, 4) is 0 Å². The molecule has 8 heteroatoms. The summed E-state index contributed by atoms with van der Waals surface area (Å²) < 4.78 is 0. The van der Waals surface area contributed by atoms with Crippen LogP contribution in [0.3, 0.4) is 0 Å². The predicted molar refractivity (Wildman–Crippen MR) is 118 cm³/mol. The third kappa shape index (κ3) is 5.60. The summed E-state index contributed by atoms with van der Waals surface area (Å²) in [5, 5.41) is 12.7. The number of hydrogen-bond donors (Lipinski definition) is 4. The molecule has 0 bridgehead atoms.